The van der Waals surface area contributed by atoms with Gasteiger partial charge in [-0.25, -0.2) is 4.98 Å². The van der Waals surface area contributed by atoms with Crippen molar-refractivity contribution in [3.63, 3.8) is 0 Å². The quantitative estimate of drug-likeness (QED) is 0.571. The van der Waals surface area contributed by atoms with Crippen LogP contribution in [0.4, 0.5) is 0 Å². The van der Waals surface area contributed by atoms with Crippen LogP contribution in [0.15, 0.2) is 53.3 Å². The van der Waals surface area contributed by atoms with E-state index in [1.165, 1.54) is 15.9 Å². The Balaban J connectivity index is 1.77. The number of benzene rings is 2. The molecule has 0 aliphatic carbocycles. The van der Waals surface area contributed by atoms with Gasteiger partial charge in [0.2, 0.25) is 4.96 Å². The van der Waals surface area contributed by atoms with Gasteiger partial charge < -0.3 is 4.74 Å². The van der Waals surface area contributed by atoms with Crippen molar-refractivity contribution in [1.82, 2.24) is 14.6 Å². The largest absolute Gasteiger partial charge is 0.483 e. The van der Waals surface area contributed by atoms with E-state index in [-0.39, 0.29) is 11.7 Å². The normalized spacial score (nSPS) is 12.6. The second kappa shape index (κ2) is 5.72. The predicted molar refractivity (Wildman–Crippen MR) is 94.9 cm³/mol. The van der Waals surface area contributed by atoms with Crippen LogP contribution < -0.4 is 10.3 Å². The maximum atomic E-state index is 12.6. The van der Waals surface area contributed by atoms with Crippen molar-refractivity contribution in [2.75, 3.05) is 0 Å². The number of para-hydroxylation sites is 2. The molecule has 6 heteroatoms. The van der Waals surface area contributed by atoms with E-state index < -0.39 is 0 Å². The van der Waals surface area contributed by atoms with Gasteiger partial charge in [-0.1, -0.05) is 41.7 Å². The van der Waals surface area contributed by atoms with Gasteiger partial charge in [0.1, 0.15) is 11.9 Å². The van der Waals surface area contributed by atoms with Crippen LogP contribution in [0.25, 0.3) is 15.9 Å². The molecule has 4 rings (SSSR count). The molecular formula is C18H15N3O2S. The Hall–Kier alpha value is -2.73. The Bertz CT molecular complexity index is 1100. The van der Waals surface area contributed by atoms with Crippen molar-refractivity contribution in [2.45, 2.75) is 20.0 Å². The minimum absolute atomic E-state index is 0.152. The standard InChI is InChI=1S/C18H15N3O2S/c1-11-7-3-6-10-15(11)23-12(2)16-20-21-17(22)13-8-4-5-9-14(13)19-18(21)24-16/h3-10,12H,1-2H3/t12-/m1/s1. The van der Waals surface area contributed by atoms with E-state index in [4.69, 9.17) is 4.74 Å². The lowest BCUT2D eigenvalue weighted by atomic mass is 10.2. The fourth-order valence-corrected chi connectivity index (χ4v) is 3.44. The minimum atomic E-state index is -0.264. The van der Waals surface area contributed by atoms with Gasteiger partial charge in [-0.2, -0.15) is 9.61 Å². The van der Waals surface area contributed by atoms with Crippen molar-refractivity contribution < 1.29 is 4.74 Å². The van der Waals surface area contributed by atoms with Crippen molar-refractivity contribution in [1.29, 1.82) is 0 Å². The molecule has 0 unspecified atom stereocenters. The Kier molecular flexibility index (Phi) is 3.54. The summed E-state index contributed by atoms with van der Waals surface area (Å²) in [5.41, 5.74) is 1.60. The first-order chi connectivity index (χ1) is 11.6. The maximum absolute atomic E-state index is 12.6. The van der Waals surface area contributed by atoms with Gasteiger partial charge in [0.05, 0.1) is 10.9 Å². The molecule has 120 valence electrons. The Morgan fingerprint density at radius 3 is 2.71 bits per heavy atom. The summed E-state index contributed by atoms with van der Waals surface area (Å²) in [6.45, 7) is 3.92. The van der Waals surface area contributed by atoms with E-state index in [9.17, 15) is 4.79 Å². The molecule has 5 nitrogen and oxygen atoms in total. The smallest absolute Gasteiger partial charge is 0.283 e. The summed E-state index contributed by atoms with van der Waals surface area (Å²) in [7, 11) is 0. The highest BCUT2D eigenvalue weighted by Crippen LogP contribution is 2.27. The molecule has 0 bridgehead atoms. The predicted octanol–water partition coefficient (Wildman–Crippen LogP) is 3.75. The first-order valence-electron chi connectivity index (χ1n) is 7.64. The molecule has 0 saturated carbocycles. The number of ether oxygens (including phenoxy) is 1. The Morgan fingerprint density at radius 1 is 1.12 bits per heavy atom. The van der Waals surface area contributed by atoms with Crippen LogP contribution >= 0.6 is 11.3 Å². The average Bonchev–Trinajstić information content (AvgIpc) is 3.02. The van der Waals surface area contributed by atoms with Crippen molar-refractivity contribution in [3.05, 3.63) is 69.5 Å². The van der Waals surface area contributed by atoms with Crippen molar-refractivity contribution >= 4 is 27.2 Å². The molecule has 1 atom stereocenters. The third-order valence-corrected chi connectivity index (χ3v) is 4.93. The zero-order valence-corrected chi connectivity index (χ0v) is 14.1. The lowest BCUT2D eigenvalue weighted by Crippen LogP contribution is -2.15. The molecule has 0 saturated heterocycles. The van der Waals surface area contributed by atoms with Gasteiger partial charge in [-0.3, -0.25) is 4.79 Å². The molecule has 0 radical (unpaired) electrons. The second-order valence-corrected chi connectivity index (χ2v) is 6.58. The molecule has 0 fully saturated rings. The Labute approximate surface area is 142 Å². The molecule has 0 amide bonds. The third-order valence-electron chi connectivity index (χ3n) is 3.86. The molecule has 4 aromatic rings. The van der Waals surface area contributed by atoms with Gasteiger partial charge in [0.15, 0.2) is 5.01 Å². The zero-order valence-electron chi connectivity index (χ0n) is 13.3. The molecule has 24 heavy (non-hydrogen) atoms. The van der Waals surface area contributed by atoms with E-state index in [1.807, 2.05) is 56.3 Å². The second-order valence-electron chi connectivity index (χ2n) is 5.59. The molecule has 2 aromatic carbocycles. The number of hydrogen-bond donors (Lipinski definition) is 0. The summed E-state index contributed by atoms with van der Waals surface area (Å²) in [5.74, 6) is 0.815. The highest BCUT2D eigenvalue weighted by molar-refractivity contribution is 7.16. The summed E-state index contributed by atoms with van der Waals surface area (Å²) >= 11 is 1.38. The van der Waals surface area contributed by atoms with E-state index in [0.717, 1.165) is 16.3 Å². The SMILES string of the molecule is Cc1ccccc1O[C@H](C)c1nn2c(=O)c3ccccc3nc2s1. The van der Waals surface area contributed by atoms with Crippen LogP contribution in [-0.2, 0) is 0 Å². The van der Waals surface area contributed by atoms with Crippen LogP contribution in [0.5, 0.6) is 5.75 Å². The highest BCUT2D eigenvalue weighted by Gasteiger charge is 2.17. The average molecular weight is 337 g/mol. The lowest BCUT2D eigenvalue weighted by molar-refractivity contribution is 0.223. The molecule has 0 aliphatic heterocycles. The lowest BCUT2D eigenvalue weighted by Gasteiger charge is -2.13. The molecule has 0 aliphatic rings. The number of rotatable bonds is 3. The van der Waals surface area contributed by atoms with E-state index in [2.05, 4.69) is 10.1 Å². The van der Waals surface area contributed by atoms with Crippen LogP contribution in [0, 0.1) is 6.92 Å². The van der Waals surface area contributed by atoms with Crippen molar-refractivity contribution in [3.8, 4) is 5.75 Å². The third kappa shape index (κ3) is 2.45. The topological polar surface area (TPSA) is 56.5 Å². The first-order valence-corrected chi connectivity index (χ1v) is 8.46. The van der Waals surface area contributed by atoms with Gasteiger partial charge in [-0.15, -0.1) is 0 Å². The monoisotopic (exact) mass is 337 g/mol. The van der Waals surface area contributed by atoms with Crippen LogP contribution in [0.3, 0.4) is 0 Å². The zero-order chi connectivity index (χ0) is 16.7. The van der Waals surface area contributed by atoms with Gasteiger partial charge in [0.25, 0.3) is 5.56 Å². The van der Waals surface area contributed by atoms with Crippen LogP contribution in [-0.4, -0.2) is 14.6 Å². The van der Waals surface area contributed by atoms with E-state index >= 15 is 0 Å². The number of fused-ring (bicyclic) bond motifs is 2. The summed E-state index contributed by atoms with van der Waals surface area (Å²) in [5, 5.41) is 5.71. The van der Waals surface area contributed by atoms with Crippen LogP contribution in [0.1, 0.15) is 23.6 Å². The fourth-order valence-electron chi connectivity index (χ4n) is 2.56. The number of aryl methyl sites for hydroxylation is 1. The number of nitrogens with zero attached hydrogens (tertiary/aromatic N) is 3. The van der Waals surface area contributed by atoms with Gasteiger partial charge >= 0.3 is 0 Å². The summed E-state index contributed by atoms with van der Waals surface area (Å²) in [6.07, 6.45) is -0.264. The van der Waals surface area contributed by atoms with Crippen molar-refractivity contribution in [2.24, 2.45) is 0 Å². The maximum Gasteiger partial charge on any atom is 0.283 e. The number of hydrogen-bond acceptors (Lipinski definition) is 5. The molecule has 0 N–H and O–H groups in total. The number of aromatic nitrogens is 3. The molecule has 0 spiro atoms. The van der Waals surface area contributed by atoms with E-state index in [1.54, 1.807) is 6.07 Å². The highest BCUT2D eigenvalue weighted by atomic mass is 32.1. The summed E-state index contributed by atoms with van der Waals surface area (Å²) in [6, 6.07) is 15.1. The minimum Gasteiger partial charge on any atom is -0.483 e. The summed E-state index contributed by atoms with van der Waals surface area (Å²) < 4.78 is 7.36. The summed E-state index contributed by atoms with van der Waals surface area (Å²) in [4.78, 5) is 17.7. The van der Waals surface area contributed by atoms with Gasteiger partial charge in [-0.05, 0) is 37.6 Å². The molecular weight excluding hydrogens is 322 g/mol. The molecule has 2 heterocycles. The van der Waals surface area contributed by atoms with E-state index in [0.29, 0.717) is 15.9 Å². The first kappa shape index (κ1) is 14.8. The Morgan fingerprint density at radius 2 is 1.88 bits per heavy atom. The van der Waals surface area contributed by atoms with Crippen LogP contribution in [0.2, 0.25) is 0 Å². The molecule has 2 aromatic heterocycles. The van der Waals surface area contributed by atoms with Gasteiger partial charge in [0, 0.05) is 0 Å². The fraction of sp³-hybridized carbons (Fsp3) is 0.167.